The van der Waals surface area contributed by atoms with Crippen LogP contribution in [0.2, 0.25) is 0 Å². The van der Waals surface area contributed by atoms with Gasteiger partial charge in [-0.15, -0.1) is 0 Å². The number of hydrogen-bond donors (Lipinski definition) is 2. The molecule has 0 aliphatic rings. The fourth-order valence-electron chi connectivity index (χ4n) is 2.44. The van der Waals surface area contributed by atoms with E-state index in [0.717, 1.165) is 16.9 Å². The predicted molar refractivity (Wildman–Crippen MR) is 100.0 cm³/mol. The van der Waals surface area contributed by atoms with Crippen LogP contribution in [0, 0.1) is 0 Å². The van der Waals surface area contributed by atoms with Gasteiger partial charge in [0.1, 0.15) is 5.75 Å². The van der Waals surface area contributed by atoms with Crippen LogP contribution in [0.5, 0.6) is 5.75 Å². The Labute approximate surface area is 152 Å². The minimum Gasteiger partial charge on any atom is -0.496 e. The first kappa shape index (κ1) is 17.4. The van der Waals surface area contributed by atoms with Gasteiger partial charge in [0.2, 0.25) is 5.95 Å². The molecule has 0 saturated carbocycles. The number of carbonyl (C=O) groups is 1. The summed E-state index contributed by atoms with van der Waals surface area (Å²) in [6, 6.07) is 17.5. The van der Waals surface area contributed by atoms with Gasteiger partial charge in [-0.05, 0) is 11.6 Å². The van der Waals surface area contributed by atoms with E-state index >= 15 is 0 Å². The number of rotatable bonds is 7. The highest BCUT2D eigenvalue weighted by Crippen LogP contribution is 2.17. The van der Waals surface area contributed by atoms with E-state index in [4.69, 9.17) is 4.74 Å². The van der Waals surface area contributed by atoms with Gasteiger partial charge in [0.15, 0.2) is 0 Å². The summed E-state index contributed by atoms with van der Waals surface area (Å²) in [5.74, 6) is 1.05. The lowest BCUT2D eigenvalue weighted by molar-refractivity contribution is 0.0950. The normalized spacial score (nSPS) is 10.2. The van der Waals surface area contributed by atoms with Crippen molar-refractivity contribution in [3.8, 4) is 5.75 Å². The molecule has 2 aromatic carbocycles. The van der Waals surface area contributed by atoms with Crippen LogP contribution in [0.15, 0.2) is 67.0 Å². The Bertz CT molecular complexity index is 851. The van der Waals surface area contributed by atoms with E-state index in [1.54, 1.807) is 7.11 Å². The molecule has 1 aromatic heterocycles. The predicted octanol–water partition coefficient (Wildman–Crippen LogP) is 3.03. The average Bonchev–Trinajstić information content (AvgIpc) is 2.72. The van der Waals surface area contributed by atoms with E-state index in [1.165, 1.54) is 12.4 Å². The van der Waals surface area contributed by atoms with Gasteiger partial charge >= 0.3 is 0 Å². The molecule has 0 atom stereocenters. The maximum absolute atomic E-state index is 12.2. The molecule has 0 fully saturated rings. The highest BCUT2D eigenvalue weighted by molar-refractivity contribution is 5.93. The highest BCUT2D eigenvalue weighted by atomic mass is 16.5. The van der Waals surface area contributed by atoms with Gasteiger partial charge < -0.3 is 15.4 Å². The summed E-state index contributed by atoms with van der Waals surface area (Å²) in [5.41, 5.74) is 2.46. The second-order valence-electron chi connectivity index (χ2n) is 5.63. The van der Waals surface area contributed by atoms with Gasteiger partial charge in [-0.1, -0.05) is 48.5 Å². The second-order valence-corrected chi connectivity index (χ2v) is 5.63. The fourth-order valence-corrected chi connectivity index (χ4v) is 2.44. The first-order valence-electron chi connectivity index (χ1n) is 8.26. The number of nitrogens with zero attached hydrogens (tertiary/aromatic N) is 2. The molecule has 0 radical (unpaired) electrons. The molecule has 0 saturated heterocycles. The maximum Gasteiger partial charge on any atom is 0.254 e. The van der Waals surface area contributed by atoms with Gasteiger partial charge in [-0.2, -0.15) is 0 Å². The van der Waals surface area contributed by atoms with Crippen molar-refractivity contribution in [2.45, 2.75) is 13.1 Å². The lowest BCUT2D eigenvalue weighted by Crippen LogP contribution is -2.23. The quantitative estimate of drug-likeness (QED) is 0.686. The largest absolute Gasteiger partial charge is 0.496 e. The SMILES string of the molecule is COc1ccccc1CNc1ncc(C(=O)NCc2ccccc2)cn1. The molecule has 0 spiro atoms. The summed E-state index contributed by atoms with van der Waals surface area (Å²) in [4.78, 5) is 20.6. The van der Waals surface area contributed by atoms with Crippen LogP contribution in [0.25, 0.3) is 0 Å². The molecule has 3 rings (SSSR count). The Hall–Kier alpha value is -3.41. The number of nitrogens with one attached hydrogen (secondary N) is 2. The molecule has 26 heavy (non-hydrogen) atoms. The number of amides is 1. The summed E-state index contributed by atoms with van der Waals surface area (Å²) in [5, 5.41) is 5.98. The maximum atomic E-state index is 12.2. The third kappa shape index (κ3) is 4.57. The van der Waals surface area contributed by atoms with Crippen LogP contribution in [0.3, 0.4) is 0 Å². The van der Waals surface area contributed by atoms with Crippen LogP contribution < -0.4 is 15.4 Å². The molecular formula is C20H20N4O2. The van der Waals surface area contributed by atoms with Crippen LogP contribution in [0.1, 0.15) is 21.5 Å². The van der Waals surface area contributed by atoms with Crippen molar-refractivity contribution < 1.29 is 9.53 Å². The summed E-state index contributed by atoms with van der Waals surface area (Å²) in [7, 11) is 1.64. The standard InChI is InChI=1S/C20H20N4O2/c1-26-18-10-6-5-9-16(18)12-22-20-23-13-17(14-24-20)19(25)21-11-15-7-3-2-4-8-15/h2-10,13-14H,11-12H2,1H3,(H,21,25)(H,22,23,24). The number of hydrogen-bond acceptors (Lipinski definition) is 5. The van der Waals surface area contributed by atoms with E-state index in [2.05, 4.69) is 20.6 Å². The van der Waals surface area contributed by atoms with Crippen molar-refractivity contribution in [3.63, 3.8) is 0 Å². The zero-order valence-electron chi connectivity index (χ0n) is 14.5. The average molecular weight is 348 g/mol. The van der Waals surface area contributed by atoms with Gasteiger partial charge in [-0.3, -0.25) is 4.79 Å². The number of benzene rings is 2. The molecule has 6 nitrogen and oxygen atoms in total. The zero-order valence-corrected chi connectivity index (χ0v) is 14.5. The number of anilines is 1. The number of aromatic nitrogens is 2. The smallest absolute Gasteiger partial charge is 0.254 e. The molecule has 1 heterocycles. The van der Waals surface area contributed by atoms with E-state index in [9.17, 15) is 4.79 Å². The highest BCUT2D eigenvalue weighted by Gasteiger charge is 2.07. The lowest BCUT2D eigenvalue weighted by Gasteiger charge is -2.09. The van der Waals surface area contributed by atoms with Gasteiger partial charge in [0.05, 0.1) is 12.7 Å². The van der Waals surface area contributed by atoms with Crippen molar-refractivity contribution in [1.82, 2.24) is 15.3 Å². The third-order valence-corrected chi connectivity index (χ3v) is 3.84. The summed E-state index contributed by atoms with van der Waals surface area (Å²) >= 11 is 0. The Kier molecular flexibility index (Phi) is 5.77. The Morgan fingerprint density at radius 2 is 1.65 bits per heavy atom. The van der Waals surface area contributed by atoms with Crippen molar-refractivity contribution >= 4 is 11.9 Å². The minimum atomic E-state index is -0.204. The Morgan fingerprint density at radius 1 is 0.962 bits per heavy atom. The van der Waals surface area contributed by atoms with E-state index in [-0.39, 0.29) is 5.91 Å². The van der Waals surface area contributed by atoms with Crippen LogP contribution in [0.4, 0.5) is 5.95 Å². The number of para-hydroxylation sites is 1. The summed E-state index contributed by atoms with van der Waals surface area (Å²) in [6.45, 7) is 0.997. The Morgan fingerprint density at radius 3 is 2.38 bits per heavy atom. The van der Waals surface area contributed by atoms with E-state index < -0.39 is 0 Å². The number of ether oxygens (including phenoxy) is 1. The molecule has 132 valence electrons. The first-order valence-corrected chi connectivity index (χ1v) is 8.26. The molecule has 6 heteroatoms. The van der Waals surface area contributed by atoms with E-state index in [1.807, 2.05) is 54.6 Å². The van der Waals surface area contributed by atoms with Gasteiger partial charge in [0.25, 0.3) is 5.91 Å². The lowest BCUT2D eigenvalue weighted by atomic mass is 10.2. The minimum absolute atomic E-state index is 0.204. The van der Waals surface area contributed by atoms with Crippen LogP contribution >= 0.6 is 0 Å². The Balaban J connectivity index is 1.55. The van der Waals surface area contributed by atoms with Crippen molar-refractivity contribution in [2.24, 2.45) is 0 Å². The molecule has 2 N–H and O–H groups in total. The van der Waals surface area contributed by atoms with Gasteiger partial charge in [0, 0.05) is 31.0 Å². The fraction of sp³-hybridized carbons (Fsp3) is 0.150. The molecule has 3 aromatic rings. The third-order valence-electron chi connectivity index (χ3n) is 3.84. The number of carbonyl (C=O) groups excluding carboxylic acids is 1. The van der Waals surface area contributed by atoms with Crippen LogP contribution in [-0.2, 0) is 13.1 Å². The molecule has 0 unspecified atom stereocenters. The summed E-state index contributed by atoms with van der Waals surface area (Å²) in [6.07, 6.45) is 3.02. The second kappa shape index (κ2) is 8.62. The molecule has 0 aliphatic carbocycles. The topological polar surface area (TPSA) is 76.1 Å². The molecule has 0 aliphatic heterocycles. The monoisotopic (exact) mass is 348 g/mol. The van der Waals surface area contributed by atoms with Crippen molar-refractivity contribution in [3.05, 3.63) is 83.7 Å². The molecule has 1 amide bonds. The summed E-state index contributed by atoms with van der Waals surface area (Å²) < 4.78 is 5.31. The number of methoxy groups -OCH3 is 1. The molecule has 0 bridgehead atoms. The van der Waals surface area contributed by atoms with Crippen molar-refractivity contribution in [1.29, 1.82) is 0 Å². The molecular weight excluding hydrogens is 328 g/mol. The van der Waals surface area contributed by atoms with Gasteiger partial charge in [-0.25, -0.2) is 9.97 Å². The van der Waals surface area contributed by atoms with Crippen LogP contribution in [-0.4, -0.2) is 23.0 Å². The first-order chi connectivity index (χ1) is 12.8. The van der Waals surface area contributed by atoms with Crippen molar-refractivity contribution in [2.75, 3.05) is 12.4 Å². The zero-order chi connectivity index (χ0) is 18.2. The van der Waals surface area contributed by atoms with E-state index in [0.29, 0.717) is 24.6 Å².